The Morgan fingerprint density at radius 1 is 0.949 bits per heavy atom. The number of allylic oxidation sites excluding steroid dienone is 1. The number of ether oxygens (including phenoxy) is 3. The van der Waals surface area contributed by atoms with Crippen molar-refractivity contribution in [1.82, 2.24) is 0 Å². The quantitative estimate of drug-likeness (QED) is 0.205. The summed E-state index contributed by atoms with van der Waals surface area (Å²) in [4.78, 5) is 24.2. The fourth-order valence-electron chi connectivity index (χ4n) is 4.02. The van der Waals surface area contributed by atoms with Crippen molar-refractivity contribution in [2.45, 2.75) is 39.0 Å². The zero-order chi connectivity index (χ0) is 28.6. The first-order valence-electron chi connectivity index (χ1n) is 13.1. The molecule has 0 aliphatic rings. The van der Waals surface area contributed by atoms with Crippen molar-refractivity contribution in [2.24, 2.45) is 5.92 Å². The summed E-state index contributed by atoms with van der Waals surface area (Å²) in [6.45, 7) is 8.91. The molecule has 1 atom stereocenters. The lowest BCUT2D eigenvalue weighted by molar-refractivity contribution is -0.144. The maximum atomic E-state index is 12.2. The number of carbonyl (C=O) groups is 2. The van der Waals surface area contributed by atoms with Crippen molar-refractivity contribution in [1.29, 1.82) is 0 Å². The molecular weight excluding hydrogens is 499 g/mol. The van der Waals surface area contributed by atoms with Gasteiger partial charge in [-0.25, -0.2) is 14.0 Å². The van der Waals surface area contributed by atoms with E-state index in [0.717, 1.165) is 29.5 Å². The van der Waals surface area contributed by atoms with Gasteiger partial charge in [0.1, 0.15) is 0 Å². The second-order valence-electron chi connectivity index (χ2n) is 9.33. The molecule has 0 fully saturated rings. The Hall–Kier alpha value is -3.55. The molecule has 1 N–H and O–H groups in total. The zero-order valence-electron chi connectivity index (χ0n) is 22.9. The highest BCUT2D eigenvalue weighted by Gasteiger charge is 2.18. The number of rotatable bonds is 17. The molecule has 2 rings (SSSR count). The molecule has 210 valence electrons. The molecule has 0 saturated carbocycles. The van der Waals surface area contributed by atoms with E-state index in [-0.39, 0.29) is 36.9 Å². The molecule has 39 heavy (non-hydrogen) atoms. The van der Waals surface area contributed by atoms with Gasteiger partial charge in [-0.1, -0.05) is 68.6 Å². The molecular formula is C32H39FO6. The fraction of sp³-hybridized carbons (Fsp3) is 0.375. The normalized spacial score (nSPS) is 11.8. The van der Waals surface area contributed by atoms with Crippen LogP contribution in [0.25, 0.3) is 11.1 Å². The number of aliphatic hydroxyl groups is 1. The standard InChI is InChI=1S/C32H39FO6/c1-5-27-18-30(29-12-9-25(10-13-29)8-6-7-17-33)16-15-28(27)14-11-26(21-38-31(35)23(2)19-34)22-39-32(36)24(3)20-37-4/h7,9-10,12-13,15-18,26,34H,2-3,5-6,8,11,14,19-22H2,1,4H3/b17-7+. The van der Waals surface area contributed by atoms with E-state index in [1.54, 1.807) is 0 Å². The van der Waals surface area contributed by atoms with Crippen LogP contribution in [0.2, 0.25) is 0 Å². The minimum Gasteiger partial charge on any atom is -0.462 e. The van der Waals surface area contributed by atoms with Gasteiger partial charge in [-0.15, -0.1) is 0 Å². The maximum Gasteiger partial charge on any atom is 0.335 e. The first-order valence-corrected chi connectivity index (χ1v) is 13.1. The monoisotopic (exact) mass is 538 g/mol. The van der Waals surface area contributed by atoms with Gasteiger partial charge in [-0.2, -0.15) is 0 Å². The number of methoxy groups -OCH3 is 1. The van der Waals surface area contributed by atoms with Gasteiger partial charge < -0.3 is 19.3 Å². The number of hydrogen-bond donors (Lipinski definition) is 1. The minimum absolute atomic E-state index is 0.0227. The lowest BCUT2D eigenvalue weighted by Gasteiger charge is -2.19. The topological polar surface area (TPSA) is 82.1 Å². The predicted molar refractivity (Wildman–Crippen MR) is 151 cm³/mol. The highest BCUT2D eigenvalue weighted by Crippen LogP contribution is 2.25. The smallest absolute Gasteiger partial charge is 0.335 e. The van der Waals surface area contributed by atoms with E-state index >= 15 is 0 Å². The van der Waals surface area contributed by atoms with Crippen LogP contribution < -0.4 is 0 Å². The predicted octanol–water partition coefficient (Wildman–Crippen LogP) is 5.72. The van der Waals surface area contributed by atoms with Gasteiger partial charge in [0.25, 0.3) is 0 Å². The lowest BCUT2D eigenvalue weighted by Crippen LogP contribution is -2.23. The van der Waals surface area contributed by atoms with E-state index in [1.165, 1.54) is 24.3 Å². The molecule has 6 nitrogen and oxygen atoms in total. The molecule has 0 aliphatic heterocycles. The van der Waals surface area contributed by atoms with Gasteiger partial charge in [0.2, 0.25) is 0 Å². The molecule has 2 aromatic rings. The van der Waals surface area contributed by atoms with Crippen molar-refractivity contribution in [3.05, 3.63) is 95.9 Å². The van der Waals surface area contributed by atoms with E-state index in [2.05, 4.69) is 62.5 Å². The number of halogens is 1. The number of hydrogen-bond acceptors (Lipinski definition) is 6. The highest BCUT2D eigenvalue weighted by atomic mass is 19.1. The summed E-state index contributed by atoms with van der Waals surface area (Å²) >= 11 is 0. The second-order valence-corrected chi connectivity index (χ2v) is 9.33. The Morgan fingerprint density at radius 3 is 2.18 bits per heavy atom. The Bertz CT molecular complexity index is 1140. The Morgan fingerprint density at radius 2 is 1.59 bits per heavy atom. The van der Waals surface area contributed by atoms with E-state index in [4.69, 9.17) is 19.3 Å². The summed E-state index contributed by atoms with van der Waals surface area (Å²) in [6, 6.07) is 14.7. The fourth-order valence-corrected chi connectivity index (χ4v) is 4.02. The lowest BCUT2D eigenvalue weighted by atomic mass is 9.92. The SMILES string of the molecule is C=C(CO)C(=O)OCC(CCc1ccc(-c2ccc(CC/C=C/F)cc2)cc1CC)COC(=O)C(=C)COC. The van der Waals surface area contributed by atoms with Crippen molar-refractivity contribution in [3.63, 3.8) is 0 Å². The molecule has 0 aliphatic carbocycles. The highest BCUT2D eigenvalue weighted by molar-refractivity contribution is 5.88. The summed E-state index contributed by atoms with van der Waals surface area (Å²) in [5.74, 6) is -1.50. The first kappa shape index (κ1) is 31.7. The molecule has 0 spiro atoms. The number of aliphatic hydroxyl groups excluding tert-OH is 1. The maximum absolute atomic E-state index is 12.2. The van der Waals surface area contributed by atoms with Gasteiger partial charge in [-0.05, 0) is 59.9 Å². The molecule has 0 aromatic heterocycles. The Labute approximate surface area is 230 Å². The van der Waals surface area contributed by atoms with Gasteiger partial charge >= 0.3 is 11.9 Å². The number of esters is 2. The van der Waals surface area contributed by atoms with E-state index in [1.807, 2.05) is 0 Å². The summed E-state index contributed by atoms with van der Waals surface area (Å²) < 4.78 is 27.8. The van der Waals surface area contributed by atoms with Crippen LogP contribution in [0.3, 0.4) is 0 Å². The van der Waals surface area contributed by atoms with Crippen molar-refractivity contribution >= 4 is 11.9 Å². The van der Waals surface area contributed by atoms with Crippen LogP contribution in [-0.4, -0.2) is 50.6 Å². The molecule has 1 unspecified atom stereocenters. The Balaban J connectivity index is 2.09. The molecule has 0 amide bonds. The van der Waals surface area contributed by atoms with Crippen LogP contribution >= 0.6 is 0 Å². The largest absolute Gasteiger partial charge is 0.462 e. The molecule has 7 heteroatoms. The van der Waals surface area contributed by atoms with Crippen LogP contribution in [0.5, 0.6) is 0 Å². The molecule has 0 radical (unpaired) electrons. The van der Waals surface area contributed by atoms with Crippen LogP contribution in [-0.2, 0) is 43.1 Å². The van der Waals surface area contributed by atoms with Gasteiger partial charge in [0.05, 0.1) is 43.9 Å². The summed E-state index contributed by atoms with van der Waals surface area (Å²) in [7, 11) is 1.47. The minimum atomic E-state index is -0.680. The third-order valence-electron chi connectivity index (χ3n) is 6.37. The van der Waals surface area contributed by atoms with Crippen molar-refractivity contribution in [2.75, 3.05) is 33.5 Å². The Kier molecular flexibility index (Phi) is 13.9. The summed E-state index contributed by atoms with van der Waals surface area (Å²) in [6.07, 6.45) is 5.71. The summed E-state index contributed by atoms with van der Waals surface area (Å²) in [5.41, 5.74) is 5.93. The second kappa shape index (κ2) is 17.1. The number of carbonyl (C=O) groups excluding carboxylic acids is 2. The van der Waals surface area contributed by atoms with E-state index in [9.17, 15) is 14.0 Å². The van der Waals surface area contributed by atoms with Crippen LogP contribution in [0.15, 0.2) is 79.2 Å². The zero-order valence-corrected chi connectivity index (χ0v) is 22.9. The van der Waals surface area contributed by atoms with Gasteiger partial charge in [-0.3, -0.25) is 0 Å². The van der Waals surface area contributed by atoms with Crippen molar-refractivity contribution in [3.8, 4) is 11.1 Å². The average Bonchev–Trinajstić information content (AvgIpc) is 2.96. The first-order chi connectivity index (χ1) is 18.8. The third-order valence-corrected chi connectivity index (χ3v) is 6.37. The number of benzene rings is 2. The molecule has 0 bridgehead atoms. The van der Waals surface area contributed by atoms with Gasteiger partial charge in [0.15, 0.2) is 0 Å². The number of aryl methyl sites for hydroxylation is 3. The van der Waals surface area contributed by atoms with Crippen LogP contribution in [0.4, 0.5) is 4.39 Å². The summed E-state index contributed by atoms with van der Waals surface area (Å²) in [5, 5.41) is 9.12. The van der Waals surface area contributed by atoms with Crippen LogP contribution in [0.1, 0.15) is 36.5 Å². The molecule has 2 aromatic carbocycles. The van der Waals surface area contributed by atoms with Gasteiger partial charge in [0, 0.05) is 13.0 Å². The van der Waals surface area contributed by atoms with E-state index < -0.39 is 18.5 Å². The average molecular weight is 539 g/mol. The van der Waals surface area contributed by atoms with Crippen LogP contribution in [0, 0.1) is 5.92 Å². The third kappa shape index (κ3) is 10.6. The molecule has 0 saturated heterocycles. The van der Waals surface area contributed by atoms with Crippen molar-refractivity contribution < 1.29 is 33.3 Å². The molecule has 0 heterocycles. The van der Waals surface area contributed by atoms with E-state index in [0.29, 0.717) is 25.6 Å².